The Hall–Kier alpha value is -3.53. The molecular weight excluding hydrogens is 306 g/mol. The second-order valence-corrected chi connectivity index (χ2v) is 5.16. The highest BCUT2D eigenvalue weighted by atomic mass is 16.2. The summed E-state index contributed by atoms with van der Waals surface area (Å²) in [5.74, 6) is -0.357. The minimum atomic E-state index is -0.359. The van der Waals surface area contributed by atoms with E-state index in [2.05, 4.69) is 15.6 Å². The van der Waals surface area contributed by atoms with E-state index in [0.29, 0.717) is 16.5 Å². The summed E-state index contributed by atoms with van der Waals surface area (Å²) in [4.78, 5) is 24.3. The summed E-state index contributed by atoms with van der Waals surface area (Å²) < 4.78 is 1.03. The van der Waals surface area contributed by atoms with Crippen molar-refractivity contribution < 1.29 is 4.79 Å². The molecule has 1 heterocycles. The molecule has 0 aliphatic carbocycles. The number of nitrogens with one attached hydrogen (secondary N) is 1. The fourth-order valence-electron chi connectivity index (χ4n) is 2.27. The highest BCUT2D eigenvalue weighted by molar-refractivity contribution is 5.78. The molecule has 0 saturated heterocycles. The molecule has 3 aromatic rings. The molecule has 7 nitrogen and oxygen atoms in total. The van der Waals surface area contributed by atoms with Crippen molar-refractivity contribution in [1.82, 2.24) is 20.3 Å². The van der Waals surface area contributed by atoms with Crippen LogP contribution in [0.3, 0.4) is 0 Å². The van der Waals surface area contributed by atoms with Crippen LogP contribution in [0.1, 0.15) is 11.1 Å². The molecule has 3 rings (SSSR count). The zero-order chi connectivity index (χ0) is 16.9. The summed E-state index contributed by atoms with van der Waals surface area (Å²) in [7, 11) is 0. The van der Waals surface area contributed by atoms with Crippen molar-refractivity contribution in [3.8, 4) is 6.07 Å². The van der Waals surface area contributed by atoms with Gasteiger partial charge in [0.1, 0.15) is 12.1 Å². The predicted molar refractivity (Wildman–Crippen MR) is 86.8 cm³/mol. The summed E-state index contributed by atoms with van der Waals surface area (Å²) in [6.45, 7) is 0.0543. The van der Waals surface area contributed by atoms with E-state index in [9.17, 15) is 9.59 Å². The third kappa shape index (κ3) is 3.28. The standard InChI is InChI=1S/C17H13N5O2/c18-9-12-4-3-5-13(8-12)10-19-16(23)11-22-17(24)14-6-1-2-7-15(14)20-21-22/h1-8H,10-11H2,(H,19,23). The van der Waals surface area contributed by atoms with Crippen molar-refractivity contribution in [3.63, 3.8) is 0 Å². The molecule has 2 aromatic carbocycles. The van der Waals surface area contributed by atoms with E-state index < -0.39 is 0 Å². The number of carbonyl (C=O) groups is 1. The van der Waals surface area contributed by atoms with Gasteiger partial charge in [-0.15, -0.1) is 5.10 Å². The van der Waals surface area contributed by atoms with Crippen LogP contribution in [0, 0.1) is 11.3 Å². The van der Waals surface area contributed by atoms with Crippen LogP contribution >= 0.6 is 0 Å². The van der Waals surface area contributed by atoms with Crippen LogP contribution < -0.4 is 10.9 Å². The number of carbonyl (C=O) groups excluding carboxylic acids is 1. The second-order valence-electron chi connectivity index (χ2n) is 5.16. The monoisotopic (exact) mass is 319 g/mol. The lowest BCUT2D eigenvalue weighted by atomic mass is 10.1. The highest BCUT2D eigenvalue weighted by Gasteiger charge is 2.09. The Bertz CT molecular complexity index is 1000. The first-order chi connectivity index (χ1) is 11.7. The zero-order valence-corrected chi connectivity index (χ0v) is 12.6. The van der Waals surface area contributed by atoms with Gasteiger partial charge in [0.15, 0.2) is 0 Å². The molecule has 0 fully saturated rings. The minimum absolute atomic E-state index is 0.214. The summed E-state index contributed by atoms with van der Waals surface area (Å²) in [5.41, 5.74) is 1.47. The van der Waals surface area contributed by atoms with Crippen LogP contribution in [0.4, 0.5) is 0 Å². The number of benzene rings is 2. The van der Waals surface area contributed by atoms with E-state index in [0.717, 1.165) is 10.2 Å². The topological polar surface area (TPSA) is 101 Å². The average molecular weight is 319 g/mol. The second kappa shape index (κ2) is 6.71. The molecular formula is C17H13N5O2. The first-order valence-corrected chi connectivity index (χ1v) is 7.25. The van der Waals surface area contributed by atoms with Crippen molar-refractivity contribution >= 4 is 16.8 Å². The van der Waals surface area contributed by atoms with Crippen molar-refractivity contribution in [2.24, 2.45) is 0 Å². The first-order valence-electron chi connectivity index (χ1n) is 7.25. The van der Waals surface area contributed by atoms with Gasteiger partial charge in [-0.05, 0) is 29.8 Å². The molecule has 24 heavy (non-hydrogen) atoms. The molecule has 1 N–H and O–H groups in total. The van der Waals surface area contributed by atoms with E-state index in [1.807, 2.05) is 12.1 Å². The van der Waals surface area contributed by atoms with Gasteiger partial charge in [0.05, 0.1) is 17.0 Å². The molecule has 7 heteroatoms. The Morgan fingerprint density at radius 3 is 2.88 bits per heavy atom. The molecule has 0 aliphatic rings. The Balaban J connectivity index is 1.70. The van der Waals surface area contributed by atoms with E-state index in [4.69, 9.17) is 5.26 Å². The molecule has 0 radical (unpaired) electrons. The summed E-state index contributed by atoms with van der Waals surface area (Å²) >= 11 is 0. The maximum absolute atomic E-state index is 12.3. The third-order valence-electron chi connectivity index (χ3n) is 3.47. The maximum Gasteiger partial charge on any atom is 0.278 e. The fourth-order valence-corrected chi connectivity index (χ4v) is 2.27. The zero-order valence-electron chi connectivity index (χ0n) is 12.6. The molecule has 0 spiro atoms. The van der Waals surface area contributed by atoms with Gasteiger partial charge in [0.25, 0.3) is 5.56 Å². The molecule has 1 amide bonds. The summed E-state index contributed by atoms with van der Waals surface area (Å²) in [6, 6.07) is 15.8. The van der Waals surface area contributed by atoms with E-state index >= 15 is 0 Å². The Morgan fingerprint density at radius 1 is 1.21 bits per heavy atom. The Morgan fingerprint density at radius 2 is 2.04 bits per heavy atom. The molecule has 0 bridgehead atoms. The molecule has 118 valence electrons. The average Bonchev–Trinajstić information content (AvgIpc) is 2.63. The van der Waals surface area contributed by atoms with Gasteiger partial charge in [-0.2, -0.15) is 5.26 Å². The van der Waals surface area contributed by atoms with E-state index in [1.165, 1.54) is 0 Å². The van der Waals surface area contributed by atoms with Crippen LogP contribution in [-0.4, -0.2) is 20.9 Å². The Labute approximate surface area is 137 Å². The van der Waals surface area contributed by atoms with Crippen LogP contribution in [0.15, 0.2) is 53.3 Å². The van der Waals surface area contributed by atoms with Gasteiger partial charge in [0, 0.05) is 6.54 Å². The number of fused-ring (bicyclic) bond motifs is 1. The van der Waals surface area contributed by atoms with Crippen LogP contribution in [0.2, 0.25) is 0 Å². The van der Waals surface area contributed by atoms with E-state index in [-0.39, 0.29) is 24.6 Å². The van der Waals surface area contributed by atoms with Crippen molar-refractivity contribution in [3.05, 3.63) is 70.0 Å². The van der Waals surface area contributed by atoms with Crippen molar-refractivity contribution in [2.75, 3.05) is 0 Å². The van der Waals surface area contributed by atoms with Gasteiger partial charge in [-0.1, -0.05) is 29.5 Å². The third-order valence-corrected chi connectivity index (χ3v) is 3.47. The van der Waals surface area contributed by atoms with Crippen molar-refractivity contribution in [2.45, 2.75) is 13.1 Å². The summed E-state index contributed by atoms with van der Waals surface area (Å²) in [6.07, 6.45) is 0. The number of hydrogen-bond acceptors (Lipinski definition) is 5. The van der Waals surface area contributed by atoms with Gasteiger partial charge >= 0.3 is 0 Å². The molecule has 0 atom stereocenters. The van der Waals surface area contributed by atoms with Crippen LogP contribution in [0.25, 0.3) is 10.9 Å². The number of rotatable bonds is 4. The first kappa shape index (κ1) is 15.4. The van der Waals surface area contributed by atoms with Gasteiger partial charge < -0.3 is 5.32 Å². The lowest BCUT2D eigenvalue weighted by Gasteiger charge is -2.07. The highest BCUT2D eigenvalue weighted by Crippen LogP contribution is 2.04. The van der Waals surface area contributed by atoms with Gasteiger partial charge in [-0.25, -0.2) is 4.68 Å². The molecule has 0 unspecified atom stereocenters. The SMILES string of the molecule is N#Cc1cccc(CNC(=O)Cn2nnc3ccccc3c2=O)c1. The Kier molecular flexibility index (Phi) is 4.29. The van der Waals surface area contributed by atoms with E-state index in [1.54, 1.807) is 42.5 Å². The maximum atomic E-state index is 12.3. The number of aromatic nitrogens is 3. The summed E-state index contributed by atoms with van der Waals surface area (Å²) in [5, 5.41) is 19.7. The smallest absolute Gasteiger partial charge is 0.278 e. The van der Waals surface area contributed by atoms with Gasteiger partial charge in [0.2, 0.25) is 5.91 Å². The quantitative estimate of drug-likeness (QED) is 0.772. The van der Waals surface area contributed by atoms with Crippen LogP contribution in [-0.2, 0) is 17.9 Å². The molecule has 0 aliphatic heterocycles. The van der Waals surface area contributed by atoms with Crippen LogP contribution in [0.5, 0.6) is 0 Å². The minimum Gasteiger partial charge on any atom is -0.350 e. The number of nitriles is 1. The number of nitrogens with zero attached hydrogens (tertiary/aromatic N) is 4. The molecule has 1 aromatic heterocycles. The number of hydrogen-bond donors (Lipinski definition) is 1. The predicted octanol–water partition coefficient (Wildman–Crippen LogP) is 0.980. The fraction of sp³-hybridized carbons (Fsp3) is 0.118. The normalized spacial score (nSPS) is 10.3. The van der Waals surface area contributed by atoms with Gasteiger partial charge in [-0.3, -0.25) is 9.59 Å². The lowest BCUT2D eigenvalue weighted by molar-refractivity contribution is -0.122. The largest absolute Gasteiger partial charge is 0.350 e. The van der Waals surface area contributed by atoms with Crippen molar-refractivity contribution in [1.29, 1.82) is 5.26 Å². The lowest BCUT2D eigenvalue weighted by Crippen LogP contribution is -2.34. The molecule has 0 saturated carbocycles. The number of amides is 1.